The zero-order valence-electron chi connectivity index (χ0n) is 17.7. The number of aryl methyl sites for hydroxylation is 1. The molecule has 2 aromatic heterocycles. The number of aliphatic imine (C=N–C) groups is 1. The van der Waals surface area contributed by atoms with Gasteiger partial charge in [-0.3, -0.25) is 9.89 Å². The Balaban J connectivity index is 0.00000300. The van der Waals surface area contributed by atoms with Crippen molar-refractivity contribution in [2.24, 2.45) is 4.99 Å². The SMILES string of the molecule is CCNC(=NCCc1nc(C(C)C)no1)N1CCN(Cc2cc(C)on2)CC1.I. The van der Waals surface area contributed by atoms with Crippen LogP contribution in [-0.2, 0) is 13.0 Å². The molecular formula is C19H32IN7O2. The van der Waals surface area contributed by atoms with Crippen molar-refractivity contribution in [1.82, 2.24) is 30.4 Å². The van der Waals surface area contributed by atoms with E-state index >= 15 is 0 Å². The van der Waals surface area contributed by atoms with Crippen molar-refractivity contribution < 1.29 is 9.05 Å². The Kier molecular flexibility index (Phi) is 9.34. The van der Waals surface area contributed by atoms with Crippen LogP contribution in [0.15, 0.2) is 20.1 Å². The first-order chi connectivity index (χ1) is 13.5. The van der Waals surface area contributed by atoms with Crippen molar-refractivity contribution in [3.05, 3.63) is 29.2 Å². The van der Waals surface area contributed by atoms with Crippen LogP contribution in [0.1, 0.15) is 49.9 Å². The maximum absolute atomic E-state index is 5.30. The highest BCUT2D eigenvalue weighted by molar-refractivity contribution is 14.0. The van der Waals surface area contributed by atoms with E-state index in [2.05, 4.69) is 51.2 Å². The zero-order valence-corrected chi connectivity index (χ0v) is 20.0. The topological polar surface area (TPSA) is 95.8 Å². The summed E-state index contributed by atoms with van der Waals surface area (Å²) in [6.07, 6.45) is 0.653. The molecule has 9 nitrogen and oxygen atoms in total. The van der Waals surface area contributed by atoms with Crippen LogP contribution in [0.4, 0.5) is 0 Å². The van der Waals surface area contributed by atoms with E-state index in [4.69, 9.17) is 14.0 Å². The summed E-state index contributed by atoms with van der Waals surface area (Å²) in [5.74, 6) is 3.48. The van der Waals surface area contributed by atoms with Gasteiger partial charge in [0, 0.05) is 57.7 Å². The summed E-state index contributed by atoms with van der Waals surface area (Å²) in [6, 6.07) is 2.00. The highest BCUT2D eigenvalue weighted by atomic mass is 127. The molecule has 0 spiro atoms. The number of aromatic nitrogens is 3. The predicted molar refractivity (Wildman–Crippen MR) is 122 cm³/mol. The van der Waals surface area contributed by atoms with E-state index in [-0.39, 0.29) is 29.9 Å². The van der Waals surface area contributed by atoms with Gasteiger partial charge < -0.3 is 19.3 Å². The lowest BCUT2D eigenvalue weighted by Crippen LogP contribution is -2.52. The smallest absolute Gasteiger partial charge is 0.228 e. The Morgan fingerprint density at radius 2 is 1.97 bits per heavy atom. The fourth-order valence-electron chi connectivity index (χ4n) is 3.13. The number of nitrogens with one attached hydrogen (secondary N) is 1. The van der Waals surface area contributed by atoms with Gasteiger partial charge in [0.2, 0.25) is 5.89 Å². The zero-order chi connectivity index (χ0) is 19.9. The normalized spacial score (nSPS) is 15.6. The Morgan fingerprint density at radius 1 is 1.21 bits per heavy atom. The minimum Gasteiger partial charge on any atom is -0.361 e. The number of piperazine rings is 1. The molecule has 3 heterocycles. The van der Waals surface area contributed by atoms with Crippen LogP contribution in [0, 0.1) is 6.92 Å². The van der Waals surface area contributed by atoms with Crippen LogP contribution in [0.3, 0.4) is 0 Å². The van der Waals surface area contributed by atoms with Crippen molar-refractivity contribution in [3.63, 3.8) is 0 Å². The van der Waals surface area contributed by atoms with E-state index in [0.29, 0.717) is 18.9 Å². The number of hydrogen-bond acceptors (Lipinski definition) is 7. The third-order valence-electron chi connectivity index (χ3n) is 4.66. The van der Waals surface area contributed by atoms with E-state index in [0.717, 1.165) is 62.5 Å². The van der Waals surface area contributed by atoms with E-state index < -0.39 is 0 Å². The molecule has 1 N–H and O–H groups in total. The minimum atomic E-state index is 0. The fourth-order valence-corrected chi connectivity index (χ4v) is 3.13. The average Bonchev–Trinajstić information content (AvgIpc) is 3.31. The first-order valence-corrected chi connectivity index (χ1v) is 10.1. The second-order valence-electron chi connectivity index (χ2n) is 7.38. The van der Waals surface area contributed by atoms with Crippen LogP contribution >= 0.6 is 24.0 Å². The van der Waals surface area contributed by atoms with Crippen LogP contribution in [0.2, 0.25) is 0 Å². The molecule has 1 fully saturated rings. The summed E-state index contributed by atoms with van der Waals surface area (Å²) in [5.41, 5.74) is 0.992. The third-order valence-corrected chi connectivity index (χ3v) is 4.66. The molecule has 1 saturated heterocycles. The number of nitrogens with zero attached hydrogens (tertiary/aromatic N) is 6. The van der Waals surface area contributed by atoms with Gasteiger partial charge in [-0.15, -0.1) is 24.0 Å². The molecule has 0 aromatic carbocycles. The quantitative estimate of drug-likeness (QED) is 0.340. The maximum Gasteiger partial charge on any atom is 0.228 e. The summed E-state index contributed by atoms with van der Waals surface area (Å²) < 4.78 is 10.5. The molecule has 0 saturated carbocycles. The van der Waals surface area contributed by atoms with Gasteiger partial charge in [0.05, 0.1) is 12.2 Å². The van der Waals surface area contributed by atoms with Gasteiger partial charge in [-0.2, -0.15) is 4.98 Å². The third kappa shape index (κ3) is 6.95. The van der Waals surface area contributed by atoms with Crippen LogP contribution in [0.25, 0.3) is 0 Å². The van der Waals surface area contributed by atoms with Gasteiger partial charge >= 0.3 is 0 Å². The molecule has 29 heavy (non-hydrogen) atoms. The molecule has 1 aliphatic rings. The van der Waals surface area contributed by atoms with E-state index in [1.165, 1.54) is 0 Å². The molecule has 0 bridgehead atoms. The standard InChI is InChI=1S/C19H31N7O2.HI/c1-5-20-19(21-7-6-17-22-18(14(2)3)24-28-17)26-10-8-25(9-11-26)13-16-12-15(4)27-23-16;/h12,14H,5-11,13H2,1-4H3,(H,20,21);1H. The average molecular weight is 517 g/mol. The first-order valence-electron chi connectivity index (χ1n) is 10.1. The summed E-state index contributed by atoms with van der Waals surface area (Å²) in [6.45, 7) is 14.2. The highest BCUT2D eigenvalue weighted by Gasteiger charge is 2.20. The van der Waals surface area contributed by atoms with Gasteiger partial charge in [0.15, 0.2) is 11.8 Å². The minimum absolute atomic E-state index is 0. The van der Waals surface area contributed by atoms with Gasteiger partial charge in [0.1, 0.15) is 5.76 Å². The summed E-state index contributed by atoms with van der Waals surface area (Å²) in [5, 5.41) is 11.5. The van der Waals surface area contributed by atoms with Crippen LogP contribution in [0.5, 0.6) is 0 Å². The Hall–Kier alpha value is -1.69. The molecule has 10 heteroatoms. The van der Waals surface area contributed by atoms with Gasteiger partial charge in [-0.1, -0.05) is 24.2 Å². The van der Waals surface area contributed by atoms with Crippen molar-refractivity contribution in [2.75, 3.05) is 39.3 Å². The van der Waals surface area contributed by atoms with E-state index in [1.54, 1.807) is 0 Å². The van der Waals surface area contributed by atoms with Gasteiger partial charge in [-0.05, 0) is 13.8 Å². The number of halogens is 1. The monoisotopic (exact) mass is 517 g/mol. The van der Waals surface area contributed by atoms with Crippen molar-refractivity contribution in [2.45, 2.75) is 46.6 Å². The molecule has 3 rings (SSSR count). The fraction of sp³-hybridized carbons (Fsp3) is 0.684. The molecule has 0 atom stereocenters. The lowest BCUT2D eigenvalue weighted by atomic mass is 10.2. The van der Waals surface area contributed by atoms with Crippen molar-refractivity contribution in [1.29, 1.82) is 0 Å². The first kappa shape index (κ1) is 23.6. The largest absolute Gasteiger partial charge is 0.361 e. The lowest BCUT2D eigenvalue weighted by Gasteiger charge is -2.36. The highest BCUT2D eigenvalue weighted by Crippen LogP contribution is 2.11. The van der Waals surface area contributed by atoms with Crippen molar-refractivity contribution in [3.8, 4) is 0 Å². The molecule has 162 valence electrons. The summed E-state index contributed by atoms with van der Waals surface area (Å²) >= 11 is 0. The van der Waals surface area contributed by atoms with Gasteiger partial charge in [0.25, 0.3) is 0 Å². The Morgan fingerprint density at radius 3 is 2.55 bits per heavy atom. The molecule has 0 amide bonds. The maximum atomic E-state index is 5.30. The number of rotatable bonds is 7. The second-order valence-corrected chi connectivity index (χ2v) is 7.38. The van der Waals surface area contributed by atoms with E-state index in [1.807, 2.05) is 13.0 Å². The predicted octanol–water partition coefficient (Wildman–Crippen LogP) is 2.43. The van der Waals surface area contributed by atoms with Crippen molar-refractivity contribution >= 4 is 29.9 Å². The Labute approximate surface area is 189 Å². The van der Waals surface area contributed by atoms with Crippen LogP contribution < -0.4 is 5.32 Å². The molecule has 0 aliphatic carbocycles. The number of hydrogen-bond donors (Lipinski definition) is 1. The summed E-state index contributed by atoms with van der Waals surface area (Å²) in [7, 11) is 0. The molecule has 1 aliphatic heterocycles. The number of guanidine groups is 1. The second kappa shape index (κ2) is 11.5. The van der Waals surface area contributed by atoms with Crippen LogP contribution in [-0.4, -0.2) is 70.3 Å². The molecular weight excluding hydrogens is 485 g/mol. The molecule has 0 unspecified atom stereocenters. The molecule has 2 aromatic rings. The van der Waals surface area contributed by atoms with Gasteiger partial charge in [-0.25, -0.2) is 0 Å². The Bertz CT molecular complexity index is 766. The lowest BCUT2D eigenvalue weighted by molar-refractivity contribution is 0.169. The summed E-state index contributed by atoms with van der Waals surface area (Å²) in [4.78, 5) is 13.9. The molecule has 0 radical (unpaired) electrons. The van der Waals surface area contributed by atoms with E-state index in [9.17, 15) is 0 Å².